The second-order valence-electron chi connectivity index (χ2n) is 7.93. The molecule has 0 amide bonds. The Kier molecular flexibility index (Phi) is 6.28. The SMILES string of the molecule is CC(C)(OC(=O)C(F)(F)F)c1ccccc1-c1nccc2cc(S(=O)(=O)Nc3nccs3)ccc12. The maximum atomic E-state index is 12.8. The number of carbonyl (C=O) groups is 1. The van der Waals surface area contributed by atoms with Crippen molar-refractivity contribution in [1.29, 1.82) is 0 Å². The summed E-state index contributed by atoms with van der Waals surface area (Å²) < 4.78 is 71.2. The van der Waals surface area contributed by atoms with Gasteiger partial charge in [-0.25, -0.2) is 18.2 Å². The molecule has 0 aliphatic carbocycles. The van der Waals surface area contributed by atoms with Gasteiger partial charge in [-0.3, -0.25) is 9.71 Å². The molecule has 12 heteroatoms. The number of sulfonamides is 1. The minimum atomic E-state index is -5.14. The summed E-state index contributed by atoms with van der Waals surface area (Å²) in [6.45, 7) is 2.71. The molecule has 4 aromatic rings. The summed E-state index contributed by atoms with van der Waals surface area (Å²) in [6.07, 6.45) is -2.20. The zero-order valence-electron chi connectivity index (χ0n) is 18.3. The lowest BCUT2D eigenvalue weighted by Gasteiger charge is -2.28. The van der Waals surface area contributed by atoms with Gasteiger partial charge in [0.2, 0.25) is 0 Å². The molecule has 2 aromatic heterocycles. The van der Waals surface area contributed by atoms with E-state index in [-0.39, 0.29) is 10.0 Å². The number of nitrogens with zero attached hydrogens (tertiary/aromatic N) is 2. The Hall–Kier alpha value is -3.51. The zero-order chi connectivity index (χ0) is 25.4. The molecule has 0 saturated carbocycles. The molecule has 0 radical (unpaired) electrons. The van der Waals surface area contributed by atoms with Gasteiger partial charge in [0.1, 0.15) is 5.60 Å². The van der Waals surface area contributed by atoms with Crippen LogP contribution in [0.5, 0.6) is 0 Å². The average molecular weight is 522 g/mol. The number of thiazole rings is 1. The van der Waals surface area contributed by atoms with Crippen molar-refractivity contribution in [3.63, 3.8) is 0 Å². The third kappa shape index (κ3) is 5.13. The third-order valence-electron chi connectivity index (χ3n) is 5.11. The van der Waals surface area contributed by atoms with E-state index in [0.717, 1.165) is 11.3 Å². The fourth-order valence-corrected chi connectivity index (χ4v) is 5.37. The zero-order valence-corrected chi connectivity index (χ0v) is 20.0. The van der Waals surface area contributed by atoms with E-state index in [9.17, 15) is 26.4 Å². The average Bonchev–Trinajstić information content (AvgIpc) is 3.29. The van der Waals surface area contributed by atoms with Gasteiger partial charge >= 0.3 is 12.1 Å². The largest absolute Gasteiger partial charge is 0.490 e. The maximum Gasteiger partial charge on any atom is 0.490 e. The number of anilines is 1. The van der Waals surface area contributed by atoms with Gasteiger partial charge in [0, 0.05) is 34.3 Å². The number of rotatable bonds is 6. The van der Waals surface area contributed by atoms with E-state index in [1.165, 1.54) is 38.4 Å². The molecule has 0 atom stereocenters. The first-order valence-electron chi connectivity index (χ1n) is 10.1. The number of carbonyl (C=O) groups excluding carboxylic acids is 1. The molecule has 1 N–H and O–H groups in total. The summed E-state index contributed by atoms with van der Waals surface area (Å²) in [4.78, 5) is 19.9. The topological polar surface area (TPSA) is 98.2 Å². The number of alkyl halides is 3. The Bertz CT molecular complexity index is 1500. The Morgan fingerprint density at radius 3 is 2.46 bits per heavy atom. The molecule has 35 heavy (non-hydrogen) atoms. The second kappa shape index (κ2) is 8.93. The molecule has 0 aliphatic rings. The van der Waals surface area contributed by atoms with Crippen LogP contribution in [0.2, 0.25) is 0 Å². The van der Waals surface area contributed by atoms with E-state index in [4.69, 9.17) is 4.74 Å². The first-order chi connectivity index (χ1) is 16.4. The summed E-state index contributed by atoms with van der Waals surface area (Å²) in [6, 6.07) is 12.6. The van der Waals surface area contributed by atoms with Crippen molar-refractivity contribution in [2.24, 2.45) is 0 Å². The van der Waals surface area contributed by atoms with Crippen LogP contribution >= 0.6 is 11.3 Å². The number of hydrogen-bond donors (Lipinski definition) is 1. The van der Waals surface area contributed by atoms with Crippen LogP contribution in [0, 0.1) is 0 Å². The van der Waals surface area contributed by atoms with Crippen LogP contribution in [-0.4, -0.2) is 30.5 Å². The smallest absolute Gasteiger partial charge is 0.448 e. The van der Waals surface area contributed by atoms with Crippen LogP contribution in [0.25, 0.3) is 22.0 Å². The fraction of sp³-hybridized carbons (Fsp3) is 0.174. The van der Waals surface area contributed by atoms with E-state index >= 15 is 0 Å². The summed E-state index contributed by atoms with van der Waals surface area (Å²) in [7, 11) is -3.90. The van der Waals surface area contributed by atoms with E-state index in [1.807, 2.05) is 0 Å². The first kappa shape index (κ1) is 24.6. The Labute approximate surface area is 202 Å². The molecular weight excluding hydrogens is 503 g/mol. The highest BCUT2D eigenvalue weighted by atomic mass is 32.2. The molecule has 2 heterocycles. The van der Waals surface area contributed by atoms with Crippen LogP contribution in [-0.2, 0) is 25.2 Å². The summed E-state index contributed by atoms with van der Waals surface area (Å²) in [5.74, 6) is -2.30. The van der Waals surface area contributed by atoms with Crippen molar-refractivity contribution in [2.45, 2.75) is 30.5 Å². The molecule has 4 rings (SSSR count). The van der Waals surface area contributed by atoms with Crippen molar-refractivity contribution >= 4 is 43.2 Å². The molecule has 182 valence electrons. The number of hydrogen-bond acceptors (Lipinski definition) is 7. The van der Waals surface area contributed by atoms with Gasteiger partial charge in [-0.1, -0.05) is 30.3 Å². The quantitative estimate of drug-likeness (QED) is 0.337. The summed E-state index contributed by atoms with van der Waals surface area (Å²) >= 11 is 1.14. The number of halogens is 3. The number of benzene rings is 2. The summed E-state index contributed by atoms with van der Waals surface area (Å²) in [5, 5.41) is 2.97. The van der Waals surface area contributed by atoms with E-state index in [2.05, 4.69) is 14.7 Å². The monoisotopic (exact) mass is 521 g/mol. The highest BCUT2D eigenvalue weighted by Crippen LogP contribution is 2.38. The van der Waals surface area contributed by atoms with Crippen molar-refractivity contribution in [2.75, 3.05) is 4.72 Å². The minimum absolute atomic E-state index is 0.00470. The van der Waals surface area contributed by atoms with E-state index in [1.54, 1.807) is 41.8 Å². The normalized spacial score (nSPS) is 12.5. The lowest BCUT2D eigenvalue weighted by Crippen LogP contribution is -2.34. The van der Waals surface area contributed by atoms with Crippen molar-refractivity contribution < 1.29 is 31.1 Å². The Balaban J connectivity index is 1.77. The molecule has 2 aromatic carbocycles. The van der Waals surface area contributed by atoms with E-state index < -0.39 is 27.8 Å². The van der Waals surface area contributed by atoms with Gasteiger partial charge in [0.25, 0.3) is 10.0 Å². The van der Waals surface area contributed by atoms with Crippen LogP contribution in [0.3, 0.4) is 0 Å². The Morgan fingerprint density at radius 2 is 1.77 bits per heavy atom. The van der Waals surface area contributed by atoms with Crippen LogP contribution in [0.1, 0.15) is 19.4 Å². The Morgan fingerprint density at radius 1 is 1.03 bits per heavy atom. The van der Waals surface area contributed by atoms with Gasteiger partial charge in [-0.2, -0.15) is 13.2 Å². The predicted octanol–water partition coefficient (Wildman–Crippen LogP) is 5.50. The standard InChI is InChI=1S/C23H18F3N3O4S2/c1-22(2,33-20(30)23(24,25)26)18-6-4-3-5-17(18)19-16-8-7-15(13-14(16)9-10-27-19)35(31,32)29-21-28-11-12-34-21/h3-13H,1-2H3,(H,28,29). The number of pyridine rings is 1. The number of ether oxygens (including phenoxy) is 1. The van der Waals surface area contributed by atoms with Gasteiger partial charge < -0.3 is 4.74 Å². The van der Waals surface area contributed by atoms with Gasteiger partial charge in [-0.05, 0) is 37.4 Å². The number of fused-ring (bicyclic) bond motifs is 1. The number of esters is 1. The van der Waals surface area contributed by atoms with Crippen LogP contribution < -0.4 is 4.72 Å². The third-order valence-corrected chi connectivity index (χ3v) is 7.26. The van der Waals surface area contributed by atoms with Crippen molar-refractivity contribution in [3.05, 3.63) is 71.9 Å². The molecule has 0 unspecified atom stereocenters. The van der Waals surface area contributed by atoms with Gasteiger partial charge in [0.15, 0.2) is 5.13 Å². The highest BCUT2D eigenvalue weighted by molar-refractivity contribution is 7.93. The van der Waals surface area contributed by atoms with Crippen molar-refractivity contribution in [1.82, 2.24) is 9.97 Å². The molecule has 0 fully saturated rings. The lowest BCUT2D eigenvalue weighted by atomic mass is 9.90. The summed E-state index contributed by atoms with van der Waals surface area (Å²) in [5.41, 5.74) is -0.492. The molecule has 0 bridgehead atoms. The van der Waals surface area contributed by atoms with E-state index in [0.29, 0.717) is 27.6 Å². The molecule has 7 nitrogen and oxygen atoms in total. The second-order valence-corrected chi connectivity index (χ2v) is 10.5. The fourth-order valence-electron chi connectivity index (χ4n) is 3.54. The van der Waals surface area contributed by atoms with Crippen molar-refractivity contribution in [3.8, 4) is 11.3 Å². The predicted molar refractivity (Wildman–Crippen MR) is 125 cm³/mol. The molecular formula is C23H18F3N3O4S2. The molecule has 0 spiro atoms. The number of nitrogens with one attached hydrogen (secondary N) is 1. The molecule has 0 saturated heterocycles. The van der Waals surface area contributed by atoms with Crippen LogP contribution in [0.4, 0.5) is 18.3 Å². The maximum absolute atomic E-state index is 12.8. The van der Waals surface area contributed by atoms with Crippen LogP contribution in [0.15, 0.2) is 71.2 Å². The van der Waals surface area contributed by atoms with Gasteiger partial charge in [-0.15, -0.1) is 11.3 Å². The molecule has 0 aliphatic heterocycles. The minimum Gasteiger partial charge on any atom is -0.448 e. The number of aromatic nitrogens is 2. The lowest BCUT2D eigenvalue weighted by molar-refractivity contribution is -0.212. The first-order valence-corrected chi connectivity index (χ1v) is 12.5. The van der Waals surface area contributed by atoms with Gasteiger partial charge in [0.05, 0.1) is 10.6 Å². The highest BCUT2D eigenvalue weighted by Gasteiger charge is 2.44.